The van der Waals surface area contributed by atoms with Crippen LogP contribution < -0.4 is 0 Å². The molecule has 2 heteroatoms. The van der Waals surface area contributed by atoms with Crippen molar-refractivity contribution in [3.63, 3.8) is 0 Å². The fourth-order valence-corrected chi connectivity index (χ4v) is 2.79. The Hall–Kier alpha value is -0.0800. The van der Waals surface area contributed by atoms with Gasteiger partial charge in [0.15, 0.2) is 0 Å². The zero-order chi connectivity index (χ0) is 12.0. The van der Waals surface area contributed by atoms with Crippen LogP contribution in [0.4, 0.5) is 0 Å². The van der Waals surface area contributed by atoms with E-state index in [4.69, 9.17) is 4.74 Å². The van der Waals surface area contributed by atoms with Crippen molar-refractivity contribution >= 4 is 0 Å². The third-order valence-corrected chi connectivity index (χ3v) is 3.83. The van der Waals surface area contributed by atoms with Gasteiger partial charge in [0.1, 0.15) is 0 Å². The molecule has 1 N–H and O–H groups in total. The highest BCUT2D eigenvalue weighted by Gasteiger charge is 2.43. The molecular formula is C14H28O2. The van der Waals surface area contributed by atoms with Gasteiger partial charge in [0, 0.05) is 19.4 Å². The van der Waals surface area contributed by atoms with Gasteiger partial charge >= 0.3 is 0 Å². The maximum Gasteiger partial charge on any atom is 0.0699 e. The Labute approximate surface area is 100 Å². The topological polar surface area (TPSA) is 29.5 Å². The van der Waals surface area contributed by atoms with Crippen molar-refractivity contribution < 1.29 is 9.84 Å². The van der Waals surface area contributed by atoms with Crippen LogP contribution in [0, 0.1) is 5.92 Å². The third-order valence-electron chi connectivity index (χ3n) is 3.83. The van der Waals surface area contributed by atoms with Gasteiger partial charge in [-0.25, -0.2) is 0 Å². The van der Waals surface area contributed by atoms with Gasteiger partial charge in [0.05, 0.1) is 11.7 Å². The molecule has 1 fully saturated rings. The molecule has 0 aromatic heterocycles. The van der Waals surface area contributed by atoms with Crippen molar-refractivity contribution in [2.24, 2.45) is 5.92 Å². The van der Waals surface area contributed by atoms with Crippen LogP contribution in [-0.4, -0.2) is 23.4 Å². The first kappa shape index (κ1) is 14.0. The van der Waals surface area contributed by atoms with Gasteiger partial charge in [-0.3, -0.25) is 0 Å². The summed E-state index contributed by atoms with van der Waals surface area (Å²) >= 11 is 0. The molecule has 2 nitrogen and oxygen atoms in total. The quantitative estimate of drug-likeness (QED) is 0.688. The fourth-order valence-electron chi connectivity index (χ4n) is 2.79. The Morgan fingerprint density at radius 3 is 2.50 bits per heavy atom. The summed E-state index contributed by atoms with van der Waals surface area (Å²) in [6.45, 7) is 7.26. The van der Waals surface area contributed by atoms with Crippen LogP contribution in [0.1, 0.15) is 65.7 Å². The SMILES string of the molecule is CCCCC(CC)CC1(O)CC(OCC)C1. The van der Waals surface area contributed by atoms with Crippen molar-refractivity contribution in [3.05, 3.63) is 0 Å². The van der Waals surface area contributed by atoms with Crippen molar-refractivity contribution in [3.8, 4) is 0 Å². The second-order valence-corrected chi connectivity index (χ2v) is 5.33. The molecule has 0 saturated heterocycles. The largest absolute Gasteiger partial charge is 0.390 e. The molecule has 0 aromatic rings. The highest BCUT2D eigenvalue weighted by molar-refractivity contribution is 4.96. The second kappa shape index (κ2) is 6.61. The summed E-state index contributed by atoms with van der Waals surface area (Å²) in [7, 11) is 0. The van der Waals surface area contributed by atoms with E-state index in [0.717, 1.165) is 25.9 Å². The van der Waals surface area contributed by atoms with Crippen LogP contribution >= 0.6 is 0 Å². The number of ether oxygens (including phenoxy) is 1. The predicted octanol–water partition coefficient (Wildman–Crippen LogP) is 3.52. The zero-order valence-electron chi connectivity index (χ0n) is 11.2. The van der Waals surface area contributed by atoms with Crippen molar-refractivity contribution in [2.45, 2.75) is 77.4 Å². The molecule has 1 aliphatic rings. The summed E-state index contributed by atoms with van der Waals surface area (Å²) in [6, 6.07) is 0. The minimum atomic E-state index is -0.408. The number of hydrogen-bond donors (Lipinski definition) is 1. The van der Waals surface area contributed by atoms with Gasteiger partial charge < -0.3 is 9.84 Å². The highest BCUT2D eigenvalue weighted by Crippen LogP contribution is 2.40. The molecular weight excluding hydrogens is 200 g/mol. The second-order valence-electron chi connectivity index (χ2n) is 5.33. The lowest BCUT2D eigenvalue weighted by atomic mass is 9.71. The van der Waals surface area contributed by atoms with Gasteiger partial charge in [0.2, 0.25) is 0 Å². The molecule has 0 amide bonds. The standard InChI is InChI=1S/C14H28O2/c1-4-7-8-12(5-2)9-14(15)10-13(11-14)16-6-3/h12-13,15H,4-11H2,1-3H3. The van der Waals surface area contributed by atoms with Gasteiger partial charge in [0.25, 0.3) is 0 Å². The van der Waals surface area contributed by atoms with E-state index in [1.807, 2.05) is 6.92 Å². The van der Waals surface area contributed by atoms with Gasteiger partial charge in [-0.05, 0) is 19.3 Å². The first-order valence-corrected chi connectivity index (χ1v) is 6.97. The van der Waals surface area contributed by atoms with Crippen molar-refractivity contribution in [1.82, 2.24) is 0 Å². The normalized spacial score (nSPS) is 31.1. The van der Waals surface area contributed by atoms with E-state index < -0.39 is 5.60 Å². The van der Waals surface area contributed by atoms with Gasteiger partial charge in [-0.2, -0.15) is 0 Å². The lowest BCUT2D eigenvalue weighted by Crippen LogP contribution is -2.49. The van der Waals surface area contributed by atoms with Crippen LogP contribution in [0.25, 0.3) is 0 Å². The maximum absolute atomic E-state index is 10.3. The van der Waals surface area contributed by atoms with Crippen molar-refractivity contribution in [1.29, 1.82) is 0 Å². The van der Waals surface area contributed by atoms with Crippen LogP contribution in [-0.2, 0) is 4.74 Å². The molecule has 1 saturated carbocycles. The maximum atomic E-state index is 10.3. The van der Waals surface area contributed by atoms with E-state index in [1.165, 1.54) is 25.7 Å². The molecule has 16 heavy (non-hydrogen) atoms. The molecule has 0 spiro atoms. The molecule has 0 bridgehead atoms. The first-order valence-electron chi connectivity index (χ1n) is 6.97. The Bertz CT molecular complexity index is 185. The minimum absolute atomic E-state index is 0.318. The summed E-state index contributed by atoms with van der Waals surface area (Å²) in [5, 5.41) is 10.3. The number of rotatable bonds is 8. The minimum Gasteiger partial charge on any atom is -0.390 e. The fraction of sp³-hybridized carbons (Fsp3) is 1.00. The van der Waals surface area contributed by atoms with E-state index in [0.29, 0.717) is 12.0 Å². The lowest BCUT2D eigenvalue weighted by molar-refractivity contribution is -0.147. The predicted molar refractivity (Wildman–Crippen MR) is 67.5 cm³/mol. The first-order chi connectivity index (χ1) is 7.63. The molecule has 0 radical (unpaired) electrons. The molecule has 1 rings (SSSR count). The van der Waals surface area contributed by atoms with Crippen LogP contribution in [0.3, 0.4) is 0 Å². The van der Waals surface area contributed by atoms with E-state index >= 15 is 0 Å². The van der Waals surface area contributed by atoms with Crippen LogP contribution in [0.5, 0.6) is 0 Å². The monoisotopic (exact) mass is 228 g/mol. The van der Waals surface area contributed by atoms with Crippen LogP contribution in [0.2, 0.25) is 0 Å². The molecule has 1 unspecified atom stereocenters. The van der Waals surface area contributed by atoms with E-state index in [1.54, 1.807) is 0 Å². The number of hydrogen-bond acceptors (Lipinski definition) is 2. The number of unbranched alkanes of at least 4 members (excludes halogenated alkanes) is 1. The van der Waals surface area contributed by atoms with Crippen LogP contribution in [0.15, 0.2) is 0 Å². The lowest BCUT2D eigenvalue weighted by Gasteiger charge is -2.45. The Balaban J connectivity index is 2.24. The molecule has 0 aliphatic heterocycles. The van der Waals surface area contributed by atoms with Crippen molar-refractivity contribution in [2.75, 3.05) is 6.61 Å². The zero-order valence-corrected chi connectivity index (χ0v) is 11.2. The third kappa shape index (κ3) is 4.06. The molecule has 1 atom stereocenters. The van der Waals surface area contributed by atoms with Gasteiger partial charge in [-0.1, -0.05) is 39.5 Å². The molecule has 1 aliphatic carbocycles. The Kier molecular flexibility index (Phi) is 5.77. The average molecular weight is 228 g/mol. The van der Waals surface area contributed by atoms with Gasteiger partial charge in [-0.15, -0.1) is 0 Å². The van der Waals surface area contributed by atoms with E-state index in [-0.39, 0.29) is 0 Å². The van der Waals surface area contributed by atoms with E-state index in [9.17, 15) is 5.11 Å². The summed E-state index contributed by atoms with van der Waals surface area (Å²) in [5.41, 5.74) is -0.408. The number of aliphatic hydroxyl groups is 1. The summed E-state index contributed by atoms with van der Waals surface area (Å²) < 4.78 is 5.51. The smallest absolute Gasteiger partial charge is 0.0699 e. The summed E-state index contributed by atoms with van der Waals surface area (Å²) in [6.07, 6.45) is 8.02. The summed E-state index contributed by atoms with van der Waals surface area (Å²) in [5.74, 6) is 0.701. The molecule has 96 valence electrons. The van der Waals surface area contributed by atoms with E-state index in [2.05, 4.69) is 13.8 Å². The highest BCUT2D eigenvalue weighted by atomic mass is 16.5. The summed E-state index contributed by atoms with van der Waals surface area (Å²) in [4.78, 5) is 0. The Morgan fingerprint density at radius 1 is 1.31 bits per heavy atom. The Morgan fingerprint density at radius 2 is 2.00 bits per heavy atom. The molecule has 0 heterocycles. The molecule has 0 aromatic carbocycles. The average Bonchev–Trinajstić information content (AvgIpc) is 2.22.